The lowest BCUT2D eigenvalue weighted by Crippen LogP contribution is -2.30. The molecule has 6 heteroatoms. The number of hydrogen-bond donors (Lipinski definition) is 1. The maximum absolute atomic E-state index is 12.5. The molecule has 1 aromatic rings. The predicted octanol–water partition coefficient (Wildman–Crippen LogP) is 1.76. The molecule has 2 rings (SSSR count). The number of nitrogen functional groups attached to an aromatic ring is 1. The maximum atomic E-state index is 12.5. The fourth-order valence-electron chi connectivity index (χ4n) is 2.38. The first-order valence-electron chi connectivity index (χ1n) is 6.83. The first-order chi connectivity index (χ1) is 9.53. The van der Waals surface area contributed by atoms with Gasteiger partial charge in [0.15, 0.2) is 9.84 Å². The van der Waals surface area contributed by atoms with Gasteiger partial charge in [0.05, 0.1) is 17.6 Å². The Morgan fingerprint density at radius 3 is 2.70 bits per heavy atom. The fourth-order valence-corrected chi connectivity index (χ4v) is 4.18. The molecular weight excluding hydrogens is 278 g/mol. The zero-order chi connectivity index (χ0) is 14.6. The van der Waals surface area contributed by atoms with Crippen LogP contribution in [0.5, 0.6) is 5.75 Å². The molecule has 0 spiro atoms. The third-order valence-electron chi connectivity index (χ3n) is 3.42. The van der Waals surface area contributed by atoms with E-state index in [1.54, 1.807) is 18.2 Å². The van der Waals surface area contributed by atoms with Crippen LogP contribution in [0.15, 0.2) is 18.2 Å². The van der Waals surface area contributed by atoms with E-state index in [0.717, 1.165) is 0 Å². The number of nitrogens with two attached hydrogens (primary N) is 1. The van der Waals surface area contributed by atoms with Crippen LogP contribution in [0.3, 0.4) is 0 Å². The Balaban J connectivity index is 2.21. The van der Waals surface area contributed by atoms with E-state index in [-0.39, 0.29) is 11.0 Å². The van der Waals surface area contributed by atoms with Gasteiger partial charge in [-0.15, -0.1) is 0 Å². The van der Waals surface area contributed by atoms with Gasteiger partial charge in [-0.05, 0) is 38.0 Å². The van der Waals surface area contributed by atoms with Crippen LogP contribution in [0.25, 0.3) is 0 Å². The van der Waals surface area contributed by atoms with Crippen molar-refractivity contribution in [1.29, 1.82) is 0 Å². The molecular formula is C14H21NO4S. The minimum Gasteiger partial charge on any atom is -0.494 e. The van der Waals surface area contributed by atoms with Gasteiger partial charge >= 0.3 is 0 Å². The van der Waals surface area contributed by atoms with E-state index < -0.39 is 9.84 Å². The zero-order valence-electron chi connectivity index (χ0n) is 11.7. The highest BCUT2D eigenvalue weighted by Crippen LogP contribution is 2.27. The average Bonchev–Trinajstić information content (AvgIpc) is 2.43. The van der Waals surface area contributed by atoms with Crippen molar-refractivity contribution in [2.45, 2.75) is 30.8 Å². The van der Waals surface area contributed by atoms with E-state index in [9.17, 15) is 8.42 Å². The lowest BCUT2D eigenvalue weighted by molar-refractivity contribution is 0.0983. The molecule has 112 valence electrons. The summed E-state index contributed by atoms with van der Waals surface area (Å²) in [6.45, 7) is 3.39. The second kappa shape index (κ2) is 6.45. The highest BCUT2D eigenvalue weighted by atomic mass is 32.2. The standard InChI is InChI=1S/C14H21NO4S/c1-2-19-14-4-3-12(15)9-11(14)10-20(16,17)13-5-7-18-8-6-13/h3-4,9,13H,2,5-8,10,15H2,1H3. The Morgan fingerprint density at radius 1 is 1.35 bits per heavy atom. The summed E-state index contributed by atoms with van der Waals surface area (Å²) in [7, 11) is -3.21. The number of ether oxygens (including phenoxy) is 2. The highest BCUT2D eigenvalue weighted by molar-refractivity contribution is 7.91. The molecule has 0 aliphatic carbocycles. The van der Waals surface area contributed by atoms with Gasteiger partial charge in [-0.3, -0.25) is 0 Å². The number of sulfone groups is 1. The second-order valence-corrected chi connectivity index (χ2v) is 7.20. The minimum absolute atomic E-state index is 0.0297. The van der Waals surface area contributed by atoms with Gasteiger partial charge in [0.25, 0.3) is 0 Å². The average molecular weight is 299 g/mol. The lowest BCUT2D eigenvalue weighted by atomic mass is 10.2. The summed E-state index contributed by atoms with van der Waals surface area (Å²) in [5.74, 6) is 0.565. The van der Waals surface area contributed by atoms with Crippen molar-refractivity contribution in [2.75, 3.05) is 25.6 Å². The summed E-state index contributed by atoms with van der Waals surface area (Å²) < 4.78 is 35.6. The molecule has 1 aromatic carbocycles. The molecule has 0 amide bonds. The topological polar surface area (TPSA) is 78.6 Å². The van der Waals surface area contributed by atoms with Gasteiger partial charge in [-0.1, -0.05) is 0 Å². The van der Waals surface area contributed by atoms with Crippen molar-refractivity contribution in [2.24, 2.45) is 0 Å². The monoisotopic (exact) mass is 299 g/mol. The summed E-state index contributed by atoms with van der Waals surface area (Å²) in [5.41, 5.74) is 6.93. The van der Waals surface area contributed by atoms with Crippen molar-refractivity contribution in [1.82, 2.24) is 0 Å². The van der Waals surface area contributed by atoms with Gasteiger partial charge in [-0.25, -0.2) is 8.42 Å². The lowest BCUT2D eigenvalue weighted by Gasteiger charge is -2.22. The highest BCUT2D eigenvalue weighted by Gasteiger charge is 2.28. The molecule has 0 unspecified atom stereocenters. The van der Waals surface area contributed by atoms with Gasteiger partial charge < -0.3 is 15.2 Å². The van der Waals surface area contributed by atoms with Crippen molar-refractivity contribution in [3.63, 3.8) is 0 Å². The van der Waals surface area contributed by atoms with E-state index in [0.29, 0.717) is 49.7 Å². The summed E-state index contributed by atoms with van der Waals surface area (Å²) in [6, 6.07) is 5.13. The second-order valence-electron chi connectivity index (χ2n) is 4.92. The van der Waals surface area contributed by atoms with Gasteiger partial charge in [-0.2, -0.15) is 0 Å². The normalized spacial score (nSPS) is 17.1. The van der Waals surface area contributed by atoms with Crippen LogP contribution in [0.1, 0.15) is 25.3 Å². The molecule has 1 fully saturated rings. The van der Waals surface area contributed by atoms with Crippen molar-refractivity contribution in [3.05, 3.63) is 23.8 Å². The zero-order valence-corrected chi connectivity index (χ0v) is 12.5. The van der Waals surface area contributed by atoms with E-state index >= 15 is 0 Å². The molecule has 1 saturated heterocycles. The summed E-state index contributed by atoms with van der Waals surface area (Å²) >= 11 is 0. The van der Waals surface area contributed by atoms with Gasteiger partial charge in [0.2, 0.25) is 0 Å². The Labute approximate surface area is 120 Å². The van der Waals surface area contributed by atoms with E-state index in [1.165, 1.54) is 0 Å². The molecule has 1 heterocycles. The Hall–Kier alpha value is -1.27. The Bertz CT molecular complexity index is 550. The maximum Gasteiger partial charge on any atom is 0.157 e. The van der Waals surface area contributed by atoms with Crippen LogP contribution >= 0.6 is 0 Å². The third kappa shape index (κ3) is 3.64. The molecule has 0 radical (unpaired) electrons. The van der Waals surface area contributed by atoms with Gasteiger partial charge in [0, 0.05) is 24.5 Å². The van der Waals surface area contributed by atoms with E-state index in [2.05, 4.69) is 0 Å². The molecule has 0 atom stereocenters. The molecule has 0 saturated carbocycles. The van der Waals surface area contributed by atoms with Crippen LogP contribution in [0.2, 0.25) is 0 Å². The van der Waals surface area contributed by atoms with Crippen LogP contribution in [-0.4, -0.2) is 33.5 Å². The van der Waals surface area contributed by atoms with Crippen molar-refractivity contribution in [3.8, 4) is 5.75 Å². The minimum atomic E-state index is -3.21. The number of benzene rings is 1. The fraction of sp³-hybridized carbons (Fsp3) is 0.571. The smallest absolute Gasteiger partial charge is 0.157 e. The van der Waals surface area contributed by atoms with Crippen molar-refractivity contribution < 1.29 is 17.9 Å². The number of rotatable bonds is 5. The SMILES string of the molecule is CCOc1ccc(N)cc1CS(=O)(=O)C1CCOCC1. The van der Waals surface area contributed by atoms with Crippen molar-refractivity contribution >= 4 is 15.5 Å². The summed E-state index contributed by atoms with van der Waals surface area (Å²) in [5, 5.41) is -0.327. The van der Waals surface area contributed by atoms with Gasteiger partial charge in [0.1, 0.15) is 5.75 Å². The Morgan fingerprint density at radius 2 is 2.05 bits per heavy atom. The van der Waals surface area contributed by atoms with E-state index in [1.807, 2.05) is 6.92 Å². The number of anilines is 1. The third-order valence-corrected chi connectivity index (χ3v) is 5.62. The first-order valence-corrected chi connectivity index (χ1v) is 8.55. The number of hydrogen-bond acceptors (Lipinski definition) is 5. The molecule has 2 N–H and O–H groups in total. The summed E-state index contributed by atoms with van der Waals surface area (Å²) in [4.78, 5) is 0. The van der Waals surface area contributed by atoms with Crippen LogP contribution < -0.4 is 10.5 Å². The summed E-state index contributed by atoms with van der Waals surface area (Å²) in [6.07, 6.45) is 1.13. The predicted molar refractivity (Wildman–Crippen MR) is 78.5 cm³/mol. The molecule has 1 aliphatic rings. The quantitative estimate of drug-likeness (QED) is 0.838. The molecule has 0 bridgehead atoms. The molecule has 20 heavy (non-hydrogen) atoms. The van der Waals surface area contributed by atoms with E-state index in [4.69, 9.17) is 15.2 Å². The van der Waals surface area contributed by atoms with Crippen LogP contribution in [0, 0.1) is 0 Å². The van der Waals surface area contributed by atoms with Crippen LogP contribution in [0.4, 0.5) is 5.69 Å². The molecule has 0 aromatic heterocycles. The molecule has 5 nitrogen and oxygen atoms in total. The van der Waals surface area contributed by atoms with Crippen LogP contribution in [-0.2, 0) is 20.3 Å². The Kier molecular flexibility index (Phi) is 4.88. The largest absolute Gasteiger partial charge is 0.494 e. The first kappa shape index (κ1) is 15.1. The molecule has 1 aliphatic heterocycles.